The SMILES string of the molecule is COC(=O)C1C[C@@H]2N(Cc3ccc(OC)cc3)[C@@H](C(=O)OC)C[C@H](N1Cc1ccc(OC)cc1)N2Cc1ccc(OC)cc1. The maximum atomic E-state index is 13.4. The van der Waals surface area contributed by atoms with Crippen molar-refractivity contribution in [1.29, 1.82) is 0 Å². The van der Waals surface area contributed by atoms with Crippen LogP contribution in [0.2, 0.25) is 0 Å². The lowest BCUT2D eigenvalue weighted by Crippen LogP contribution is -2.73. The average Bonchev–Trinajstić information content (AvgIpc) is 3.07. The van der Waals surface area contributed by atoms with Gasteiger partial charge in [0.25, 0.3) is 0 Å². The Balaban J connectivity index is 1.56. The van der Waals surface area contributed by atoms with Crippen LogP contribution in [0.5, 0.6) is 17.2 Å². The van der Waals surface area contributed by atoms with Crippen molar-refractivity contribution in [3.05, 3.63) is 89.5 Å². The molecule has 10 nitrogen and oxygen atoms in total. The van der Waals surface area contributed by atoms with Crippen molar-refractivity contribution in [3.8, 4) is 17.2 Å². The summed E-state index contributed by atoms with van der Waals surface area (Å²) in [6.45, 7) is 1.60. The molecule has 0 aromatic heterocycles. The number of methoxy groups -OCH3 is 5. The molecule has 0 amide bonds. The molecule has 1 unspecified atom stereocenters. The summed E-state index contributed by atoms with van der Waals surface area (Å²) in [5.74, 6) is 1.72. The van der Waals surface area contributed by atoms with Gasteiger partial charge < -0.3 is 23.7 Å². The third-order valence-corrected chi connectivity index (χ3v) is 8.72. The highest BCUT2D eigenvalue weighted by Gasteiger charge is 2.53. The molecule has 44 heavy (non-hydrogen) atoms. The Morgan fingerprint density at radius 1 is 0.523 bits per heavy atom. The van der Waals surface area contributed by atoms with E-state index in [1.54, 1.807) is 21.3 Å². The van der Waals surface area contributed by atoms with E-state index in [1.165, 1.54) is 14.2 Å². The van der Waals surface area contributed by atoms with Gasteiger partial charge >= 0.3 is 11.9 Å². The highest BCUT2D eigenvalue weighted by atomic mass is 16.5. The normalized spacial score (nSPS) is 22.2. The van der Waals surface area contributed by atoms with Crippen LogP contribution < -0.4 is 14.2 Å². The van der Waals surface area contributed by atoms with Gasteiger partial charge in [-0.2, -0.15) is 0 Å². The molecule has 2 fully saturated rings. The van der Waals surface area contributed by atoms with Crippen molar-refractivity contribution >= 4 is 11.9 Å². The minimum absolute atomic E-state index is 0.252. The van der Waals surface area contributed by atoms with E-state index in [2.05, 4.69) is 26.8 Å². The van der Waals surface area contributed by atoms with Crippen molar-refractivity contribution in [3.63, 3.8) is 0 Å². The fraction of sp³-hybridized carbons (Fsp3) is 0.412. The van der Waals surface area contributed by atoms with Crippen LogP contribution in [0, 0.1) is 0 Å². The van der Waals surface area contributed by atoms with E-state index in [1.807, 2.05) is 60.7 Å². The van der Waals surface area contributed by atoms with E-state index < -0.39 is 12.1 Å². The second-order valence-corrected chi connectivity index (χ2v) is 11.1. The molecule has 10 heteroatoms. The highest BCUT2D eigenvalue weighted by Crippen LogP contribution is 2.40. The van der Waals surface area contributed by atoms with Crippen molar-refractivity contribution in [1.82, 2.24) is 14.7 Å². The van der Waals surface area contributed by atoms with Crippen LogP contribution in [-0.4, -0.2) is 86.6 Å². The van der Waals surface area contributed by atoms with Crippen LogP contribution in [0.3, 0.4) is 0 Å². The molecule has 2 bridgehead atoms. The first-order chi connectivity index (χ1) is 21.4. The van der Waals surface area contributed by atoms with Crippen LogP contribution in [0.1, 0.15) is 29.5 Å². The minimum atomic E-state index is -0.513. The standard InChI is InChI=1S/C34H41N3O7/c1-40-26-12-6-23(7-13-26)20-35-29(33(38)43-4)18-32-36(21-24-8-14-27(41-2)15-9-24)30(34(39)44-5)19-31(35)37(32)22-25-10-16-28(42-3)17-11-25/h6-17,29-32H,18-22H2,1-5H3/t29-,30?,31-,32-/m1/s1. The molecule has 0 aliphatic carbocycles. The average molecular weight is 604 g/mol. The summed E-state index contributed by atoms with van der Waals surface area (Å²) in [5.41, 5.74) is 3.15. The minimum Gasteiger partial charge on any atom is -0.497 e. The van der Waals surface area contributed by atoms with E-state index in [-0.39, 0.29) is 24.3 Å². The van der Waals surface area contributed by atoms with Crippen LogP contribution in [0.4, 0.5) is 0 Å². The summed E-state index contributed by atoms with van der Waals surface area (Å²) in [4.78, 5) is 33.5. The number of hydrogen-bond acceptors (Lipinski definition) is 10. The predicted molar refractivity (Wildman–Crippen MR) is 164 cm³/mol. The molecule has 2 aliphatic rings. The lowest BCUT2D eigenvalue weighted by Gasteiger charge is -2.59. The fourth-order valence-electron chi connectivity index (χ4n) is 6.41. The number of nitrogens with zero attached hydrogens (tertiary/aromatic N) is 3. The lowest BCUT2D eigenvalue weighted by atomic mass is 9.90. The zero-order valence-electron chi connectivity index (χ0n) is 26.0. The first kappa shape index (κ1) is 31.3. The summed E-state index contributed by atoms with van der Waals surface area (Å²) < 4.78 is 26.8. The quantitative estimate of drug-likeness (QED) is 0.299. The van der Waals surface area contributed by atoms with E-state index in [0.29, 0.717) is 32.5 Å². The first-order valence-corrected chi connectivity index (χ1v) is 14.7. The van der Waals surface area contributed by atoms with Gasteiger partial charge in [0.05, 0.1) is 47.9 Å². The topological polar surface area (TPSA) is 90.0 Å². The maximum Gasteiger partial charge on any atom is 0.323 e. The van der Waals surface area contributed by atoms with Gasteiger partial charge in [0, 0.05) is 32.5 Å². The smallest absolute Gasteiger partial charge is 0.323 e. The molecule has 2 aliphatic heterocycles. The van der Waals surface area contributed by atoms with Crippen molar-refractivity contribution in [2.75, 3.05) is 35.5 Å². The Kier molecular flexibility index (Phi) is 10.0. The molecule has 0 N–H and O–H groups in total. The Bertz CT molecular complexity index is 1310. The lowest BCUT2D eigenvalue weighted by molar-refractivity contribution is -0.201. The number of esters is 2. The van der Waals surface area contributed by atoms with Crippen LogP contribution in [0.25, 0.3) is 0 Å². The van der Waals surface area contributed by atoms with Gasteiger partial charge in [0.15, 0.2) is 0 Å². The first-order valence-electron chi connectivity index (χ1n) is 14.7. The van der Waals surface area contributed by atoms with E-state index in [9.17, 15) is 9.59 Å². The number of carbonyl (C=O) groups excluding carboxylic acids is 2. The molecule has 3 aromatic rings. The largest absolute Gasteiger partial charge is 0.497 e. The van der Waals surface area contributed by atoms with Crippen LogP contribution >= 0.6 is 0 Å². The van der Waals surface area contributed by atoms with Gasteiger partial charge in [-0.05, 0) is 53.1 Å². The molecule has 5 rings (SSSR count). The van der Waals surface area contributed by atoms with Crippen molar-refractivity contribution in [2.45, 2.75) is 56.9 Å². The number of fused-ring (bicyclic) bond motifs is 2. The third-order valence-electron chi connectivity index (χ3n) is 8.72. The fourth-order valence-corrected chi connectivity index (χ4v) is 6.41. The van der Waals surface area contributed by atoms with Gasteiger partial charge in [0.1, 0.15) is 29.3 Å². The summed E-state index contributed by atoms with van der Waals surface area (Å²) >= 11 is 0. The van der Waals surface area contributed by atoms with Gasteiger partial charge in [-0.3, -0.25) is 24.3 Å². The van der Waals surface area contributed by atoms with Gasteiger partial charge in [0.2, 0.25) is 0 Å². The molecular weight excluding hydrogens is 562 g/mol. The summed E-state index contributed by atoms with van der Waals surface area (Å²) in [7, 11) is 7.78. The molecule has 234 valence electrons. The summed E-state index contributed by atoms with van der Waals surface area (Å²) in [6, 6.07) is 22.7. The van der Waals surface area contributed by atoms with Crippen LogP contribution in [-0.2, 0) is 38.7 Å². The van der Waals surface area contributed by atoms with Crippen molar-refractivity contribution in [2.24, 2.45) is 0 Å². The predicted octanol–water partition coefficient (Wildman–Crippen LogP) is 4.06. The van der Waals surface area contributed by atoms with Gasteiger partial charge in [-0.15, -0.1) is 0 Å². The molecule has 2 heterocycles. The summed E-state index contributed by atoms with van der Waals surface area (Å²) in [5, 5.41) is 0. The number of benzene rings is 3. The molecule has 4 atom stereocenters. The molecule has 0 spiro atoms. The second-order valence-electron chi connectivity index (χ2n) is 11.1. The monoisotopic (exact) mass is 603 g/mol. The zero-order chi connectivity index (χ0) is 31.2. The van der Waals surface area contributed by atoms with Gasteiger partial charge in [-0.1, -0.05) is 36.4 Å². The van der Waals surface area contributed by atoms with Crippen LogP contribution in [0.15, 0.2) is 72.8 Å². The van der Waals surface area contributed by atoms with E-state index in [0.717, 1.165) is 33.9 Å². The number of hydrogen-bond donors (Lipinski definition) is 0. The molecule has 0 radical (unpaired) electrons. The molecule has 0 saturated carbocycles. The zero-order valence-corrected chi connectivity index (χ0v) is 26.0. The Morgan fingerprint density at radius 2 is 0.818 bits per heavy atom. The number of ether oxygens (including phenoxy) is 5. The molecule has 2 saturated heterocycles. The number of carbonyl (C=O) groups is 2. The Morgan fingerprint density at radius 3 is 1.09 bits per heavy atom. The van der Waals surface area contributed by atoms with Gasteiger partial charge in [-0.25, -0.2) is 0 Å². The second kappa shape index (κ2) is 14.1. The van der Waals surface area contributed by atoms with E-state index >= 15 is 0 Å². The Hall–Kier alpha value is -4.12. The highest BCUT2D eigenvalue weighted by molar-refractivity contribution is 5.77. The van der Waals surface area contributed by atoms with Crippen molar-refractivity contribution < 1.29 is 33.3 Å². The molecule has 3 aromatic carbocycles. The molecular formula is C34H41N3O7. The maximum absolute atomic E-state index is 13.4. The Labute approximate surface area is 259 Å². The van der Waals surface area contributed by atoms with E-state index in [4.69, 9.17) is 23.7 Å². The number of rotatable bonds is 11. The summed E-state index contributed by atoms with van der Waals surface area (Å²) in [6.07, 6.45) is 0.384. The third kappa shape index (κ3) is 6.67.